The van der Waals surface area contributed by atoms with Crippen molar-refractivity contribution in [3.05, 3.63) is 83.4 Å². The molecule has 6 nitrogen and oxygen atoms in total. The molecule has 28 heavy (non-hydrogen) atoms. The zero-order valence-corrected chi connectivity index (χ0v) is 16.5. The van der Waals surface area contributed by atoms with Crippen LogP contribution in [0.2, 0.25) is 5.02 Å². The quantitative estimate of drug-likeness (QED) is 0.542. The molecule has 0 aliphatic rings. The van der Waals surface area contributed by atoms with E-state index in [4.69, 9.17) is 11.6 Å². The van der Waals surface area contributed by atoms with Gasteiger partial charge in [-0.2, -0.15) is 0 Å². The first kappa shape index (κ1) is 19.7. The van der Waals surface area contributed by atoms with Crippen LogP contribution < -0.4 is 15.4 Å². The lowest BCUT2D eigenvalue weighted by Gasteiger charge is -2.14. The minimum atomic E-state index is -3.89. The minimum absolute atomic E-state index is 0.0462. The number of hydrogen-bond acceptors (Lipinski definition) is 3. The molecule has 0 saturated carbocycles. The highest BCUT2D eigenvalue weighted by Gasteiger charge is 2.19. The number of carbonyl (C=O) groups is 1. The molecule has 8 heteroatoms. The van der Waals surface area contributed by atoms with Crippen LogP contribution in [0.5, 0.6) is 0 Å². The van der Waals surface area contributed by atoms with Gasteiger partial charge in [-0.05, 0) is 48.9 Å². The molecule has 144 valence electrons. The van der Waals surface area contributed by atoms with Crippen LogP contribution in [-0.2, 0) is 10.0 Å². The normalized spacial score (nSPS) is 10.9. The largest absolute Gasteiger partial charge is 0.323 e. The Hall–Kier alpha value is -3.03. The fourth-order valence-corrected chi connectivity index (χ4v) is 4.12. The summed E-state index contributed by atoms with van der Waals surface area (Å²) in [4.78, 5) is 12.2. The predicted octanol–water partition coefficient (Wildman–Crippen LogP) is 5.09. The van der Waals surface area contributed by atoms with Crippen molar-refractivity contribution in [2.75, 3.05) is 15.4 Å². The highest BCUT2D eigenvalue weighted by atomic mass is 35.5. The molecule has 0 aliphatic heterocycles. The molecule has 0 aliphatic carbocycles. The summed E-state index contributed by atoms with van der Waals surface area (Å²) in [5, 5.41) is 5.61. The van der Waals surface area contributed by atoms with Crippen LogP contribution in [0.25, 0.3) is 0 Å². The van der Waals surface area contributed by atoms with Crippen LogP contribution >= 0.6 is 11.6 Å². The maximum Gasteiger partial charge on any atom is 0.323 e. The van der Waals surface area contributed by atoms with Crippen LogP contribution in [0.15, 0.2) is 77.7 Å². The third-order valence-corrected chi connectivity index (χ3v) is 5.72. The van der Waals surface area contributed by atoms with E-state index in [0.717, 1.165) is 0 Å². The van der Waals surface area contributed by atoms with Gasteiger partial charge in [-0.3, -0.25) is 4.72 Å². The first-order chi connectivity index (χ1) is 13.3. The summed E-state index contributed by atoms with van der Waals surface area (Å²) < 4.78 is 28.1. The Morgan fingerprint density at radius 3 is 2.21 bits per heavy atom. The Kier molecular flexibility index (Phi) is 5.87. The fraction of sp³-hybridized carbons (Fsp3) is 0.0500. The van der Waals surface area contributed by atoms with Gasteiger partial charge >= 0.3 is 6.03 Å². The molecule has 0 radical (unpaired) electrons. The molecule has 0 fully saturated rings. The molecule has 3 aromatic carbocycles. The number of anilines is 3. The van der Waals surface area contributed by atoms with Crippen molar-refractivity contribution in [3.63, 3.8) is 0 Å². The molecule has 2 amide bonds. The van der Waals surface area contributed by atoms with Gasteiger partial charge in [0.1, 0.15) is 0 Å². The summed E-state index contributed by atoms with van der Waals surface area (Å²) in [6.07, 6.45) is 0. The summed E-state index contributed by atoms with van der Waals surface area (Å²) in [6, 6.07) is 19.7. The minimum Gasteiger partial charge on any atom is -0.308 e. The van der Waals surface area contributed by atoms with Crippen LogP contribution in [0.3, 0.4) is 0 Å². The molecule has 0 atom stereocenters. The van der Waals surface area contributed by atoms with Gasteiger partial charge in [0.15, 0.2) is 0 Å². The average molecular weight is 416 g/mol. The standard InChI is InChI=1S/C20H18ClN3O3S/c1-14-11-12-16(23-20(25)22-15-7-3-2-4-8-15)13-19(14)28(26,27)24-18-10-6-5-9-17(18)21/h2-13,24H,1H3,(H2,22,23,25). The molecule has 0 unspecified atom stereocenters. The van der Waals surface area contributed by atoms with E-state index in [0.29, 0.717) is 22.0 Å². The molecule has 0 aromatic heterocycles. The molecule has 3 N–H and O–H groups in total. The number of para-hydroxylation sites is 2. The van der Waals surface area contributed by atoms with E-state index in [1.54, 1.807) is 67.6 Å². The molecular formula is C20H18ClN3O3S. The van der Waals surface area contributed by atoms with Gasteiger partial charge in [-0.15, -0.1) is 0 Å². The lowest BCUT2D eigenvalue weighted by Crippen LogP contribution is -2.20. The molecule has 0 bridgehead atoms. The lowest BCUT2D eigenvalue weighted by atomic mass is 10.2. The summed E-state index contributed by atoms with van der Waals surface area (Å²) in [5.74, 6) is 0. The first-order valence-corrected chi connectivity index (χ1v) is 10.2. The van der Waals surface area contributed by atoms with E-state index in [9.17, 15) is 13.2 Å². The van der Waals surface area contributed by atoms with Crippen LogP contribution in [0, 0.1) is 6.92 Å². The number of carbonyl (C=O) groups excluding carboxylic acids is 1. The average Bonchev–Trinajstić information content (AvgIpc) is 2.66. The number of halogens is 1. The summed E-state index contributed by atoms with van der Waals surface area (Å²) in [5.41, 5.74) is 1.79. The Bertz CT molecular complexity index is 1100. The van der Waals surface area contributed by atoms with Gasteiger partial charge in [0.2, 0.25) is 0 Å². The van der Waals surface area contributed by atoms with E-state index in [1.807, 2.05) is 6.07 Å². The van der Waals surface area contributed by atoms with Crippen molar-refractivity contribution in [2.24, 2.45) is 0 Å². The lowest BCUT2D eigenvalue weighted by molar-refractivity contribution is 0.262. The van der Waals surface area contributed by atoms with Gasteiger partial charge in [-0.25, -0.2) is 13.2 Å². The van der Waals surface area contributed by atoms with Crippen molar-refractivity contribution < 1.29 is 13.2 Å². The monoisotopic (exact) mass is 415 g/mol. The fourth-order valence-electron chi connectivity index (χ4n) is 2.53. The Balaban J connectivity index is 1.81. The van der Waals surface area contributed by atoms with E-state index in [-0.39, 0.29) is 10.6 Å². The van der Waals surface area contributed by atoms with Crippen LogP contribution in [-0.4, -0.2) is 14.4 Å². The third kappa shape index (κ3) is 4.82. The maximum atomic E-state index is 12.8. The molecule has 0 spiro atoms. The van der Waals surface area contributed by atoms with Gasteiger partial charge in [0.25, 0.3) is 10.0 Å². The van der Waals surface area contributed by atoms with Crippen molar-refractivity contribution in [1.82, 2.24) is 0 Å². The van der Waals surface area contributed by atoms with Crippen molar-refractivity contribution in [2.45, 2.75) is 11.8 Å². The maximum absolute atomic E-state index is 12.8. The first-order valence-electron chi connectivity index (χ1n) is 8.36. The second-order valence-electron chi connectivity index (χ2n) is 6.01. The topological polar surface area (TPSA) is 87.3 Å². The molecule has 3 aromatic rings. The van der Waals surface area contributed by atoms with E-state index < -0.39 is 16.1 Å². The van der Waals surface area contributed by atoms with Crippen molar-refractivity contribution >= 4 is 44.7 Å². The Labute approximate surface area is 168 Å². The number of sulfonamides is 1. The van der Waals surface area contributed by atoms with Gasteiger partial charge in [-0.1, -0.05) is 48.0 Å². The Morgan fingerprint density at radius 1 is 0.857 bits per heavy atom. The van der Waals surface area contributed by atoms with Crippen molar-refractivity contribution in [1.29, 1.82) is 0 Å². The van der Waals surface area contributed by atoms with Gasteiger partial charge < -0.3 is 10.6 Å². The SMILES string of the molecule is Cc1ccc(NC(=O)Nc2ccccc2)cc1S(=O)(=O)Nc1ccccc1Cl. The van der Waals surface area contributed by atoms with Crippen LogP contribution in [0.4, 0.5) is 21.9 Å². The van der Waals surface area contributed by atoms with Crippen LogP contribution in [0.1, 0.15) is 5.56 Å². The number of aryl methyl sites for hydroxylation is 1. The van der Waals surface area contributed by atoms with Crippen molar-refractivity contribution in [3.8, 4) is 0 Å². The van der Waals surface area contributed by atoms with E-state index in [2.05, 4.69) is 15.4 Å². The second kappa shape index (κ2) is 8.33. The predicted molar refractivity (Wildman–Crippen MR) is 113 cm³/mol. The number of benzene rings is 3. The zero-order valence-electron chi connectivity index (χ0n) is 14.9. The smallest absolute Gasteiger partial charge is 0.308 e. The number of rotatable bonds is 5. The molecule has 0 heterocycles. The highest BCUT2D eigenvalue weighted by Crippen LogP contribution is 2.26. The van der Waals surface area contributed by atoms with E-state index in [1.165, 1.54) is 6.07 Å². The zero-order chi connectivity index (χ0) is 20.1. The molecule has 3 rings (SSSR count). The summed E-state index contributed by atoms with van der Waals surface area (Å²) in [6.45, 7) is 1.68. The number of nitrogens with one attached hydrogen (secondary N) is 3. The van der Waals surface area contributed by atoms with E-state index >= 15 is 0 Å². The van der Waals surface area contributed by atoms with Gasteiger partial charge in [0.05, 0.1) is 15.6 Å². The number of urea groups is 1. The third-order valence-electron chi connectivity index (χ3n) is 3.89. The highest BCUT2D eigenvalue weighted by molar-refractivity contribution is 7.92. The van der Waals surface area contributed by atoms with Gasteiger partial charge in [0, 0.05) is 11.4 Å². The molecular weight excluding hydrogens is 398 g/mol. The summed E-state index contributed by atoms with van der Waals surface area (Å²) >= 11 is 6.04. The number of amides is 2. The second-order valence-corrected chi connectivity index (χ2v) is 8.07. The number of hydrogen-bond donors (Lipinski definition) is 3. The summed E-state index contributed by atoms with van der Waals surface area (Å²) in [7, 11) is -3.89. The molecule has 0 saturated heterocycles. The Morgan fingerprint density at radius 2 is 1.50 bits per heavy atom.